The van der Waals surface area contributed by atoms with Crippen molar-refractivity contribution in [3.63, 3.8) is 0 Å². The Hall–Kier alpha value is -2.01. The number of amides is 1. The third kappa shape index (κ3) is 2.77. The normalized spacial score (nSPS) is 21.4. The molecular weight excluding hydrogens is 258 g/mol. The summed E-state index contributed by atoms with van der Waals surface area (Å²) < 4.78 is 10.5. The van der Waals surface area contributed by atoms with Crippen LogP contribution in [0.25, 0.3) is 6.08 Å². The number of hydrogen-bond acceptors (Lipinski definition) is 4. The van der Waals surface area contributed by atoms with Crippen molar-refractivity contribution in [1.29, 1.82) is 0 Å². The predicted molar refractivity (Wildman–Crippen MR) is 73.4 cm³/mol. The van der Waals surface area contributed by atoms with E-state index in [-0.39, 0.29) is 12.7 Å². The molecule has 1 fully saturated rings. The molecule has 0 saturated carbocycles. The lowest BCUT2D eigenvalue weighted by Gasteiger charge is -2.29. The largest absolute Gasteiger partial charge is 0.454 e. The number of aliphatic hydroxyl groups is 1. The van der Waals surface area contributed by atoms with Crippen molar-refractivity contribution in [2.45, 2.75) is 18.9 Å². The summed E-state index contributed by atoms with van der Waals surface area (Å²) >= 11 is 0. The molecule has 1 aromatic carbocycles. The average molecular weight is 275 g/mol. The van der Waals surface area contributed by atoms with Crippen molar-refractivity contribution in [2.24, 2.45) is 0 Å². The Labute approximate surface area is 117 Å². The molecule has 1 aromatic rings. The molecule has 1 amide bonds. The van der Waals surface area contributed by atoms with E-state index in [2.05, 4.69) is 0 Å². The van der Waals surface area contributed by atoms with Gasteiger partial charge in [-0.05, 0) is 36.6 Å². The molecule has 0 aromatic heterocycles. The van der Waals surface area contributed by atoms with Crippen molar-refractivity contribution in [3.8, 4) is 11.5 Å². The van der Waals surface area contributed by atoms with Crippen LogP contribution in [0.2, 0.25) is 0 Å². The van der Waals surface area contributed by atoms with Crippen molar-refractivity contribution >= 4 is 12.0 Å². The Balaban J connectivity index is 1.66. The summed E-state index contributed by atoms with van der Waals surface area (Å²) in [6, 6.07) is 5.55. The maximum atomic E-state index is 12.0. The SMILES string of the molecule is O=C(/C=C/c1ccc2c(c1)OCO2)N1CCCC(O)C1. The van der Waals surface area contributed by atoms with E-state index in [1.54, 1.807) is 11.0 Å². The van der Waals surface area contributed by atoms with Crippen molar-refractivity contribution in [2.75, 3.05) is 19.9 Å². The van der Waals surface area contributed by atoms with Crippen LogP contribution in [-0.2, 0) is 4.79 Å². The molecule has 0 bridgehead atoms. The third-order valence-electron chi connectivity index (χ3n) is 3.52. The monoisotopic (exact) mass is 275 g/mol. The number of ether oxygens (including phenoxy) is 2. The van der Waals surface area contributed by atoms with Gasteiger partial charge in [0.25, 0.3) is 0 Å². The van der Waals surface area contributed by atoms with Crippen molar-refractivity contribution in [3.05, 3.63) is 29.8 Å². The first kappa shape index (κ1) is 13.0. The molecule has 1 unspecified atom stereocenters. The van der Waals surface area contributed by atoms with Crippen LogP contribution in [0.4, 0.5) is 0 Å². The van der Waals surface area contributed by atoms with E-state index in [4.69, 9.17) is 9.47 Å². The molecule has 5 heteroatoms. The van der Waals surface area contributed by atoms with Gasteiger partial charge in [0.1, 0.15) is 0 Å². The minimum Gasteiger partial charge on any atom is -0.454 e. The molecule has 1 N–H and O–H groups in total. The summed E-state index contributed by atoms with van der Waals surface area (Å²) in [5.41, 5.74) is 0.889. The van der Waals surface area contributed by atoms with Gasteiger partial charge in [-0.2, -0.15) is 0 Å². The van der Waals surface area contributed by atoms with Gasteiger partial charge in [-0.1, -0.05) is 6.07 Å². The Kier molecular flexibility index (Phi) is 3.60. The fourth-order valence-corrected chi connectivity index (χ4v) is 2.44. The maximum Gasteiger partial charge on any atom is 0.246 e. The van der Waals surface area contributed by atoms with E-state index in [0.717, 1.165) is 24.2 Å². The quantitative estimate of drug-likeness (QED) is 0.829. The highest BCUT2D eigenvalue weighted by Gasteiger charge is 2.20. The van der Waals surface area contributed by atoms with Crippen molar-refractivity contribution < 1.29 is 19.4 Å². The standard InChI is InChI=1S/C15H17NO4/c17-12-2-1-7-16(9-12)15(18)6-4-11-3-5-13-14(8-11)20-10-19-13/h3-6,8,12,17H,1-2,7,9-10H2/b6-4+. The molecule has 1 atom stereocenters. The molecule has 0 radical (unpaired) electrons. The van der Waals surface area contributed by atoms with E-state index >= 15 is 0 Å². The number of β-amino-alcohol motifs (C(OH)–C–C–N with tert-alkyl or cyclic N) is 1. The number of nitrogens with zero attached hydrogens (tertiary/aromatic N) is 1. The van der Waals surface area contributed by atoms with Crippen LogP contribution in [0.5, 0.6) is 11.5 Å². The first-order valence-electron chi connectivity index (χ1n) is 6.77. The lowest BCUT2D eigenvalue weighted by atomic mass is 10.1. The zero-order valence-electron chi connectivity index (χ0n) is 11.1. The van der Waals surface area contributed by atoms with E-state index in [9.17, 15) is 9.90 Å². The number of hydrogen-bond donors (Lipinski definition) is 1. The van der Waals surface area contributed by atoms with E-state index < -0.39 is 6.10 Å². The minimum atomic E-state index is -0.397. The molecule has 2 aliphatic rings. The number of carbonyl (C=O) groups excluding carboxylic acids is 1. The molecule has 5 nitrogen and oxygen atoms in total. The second-order valence-corrected chi connectivity index (χ2v) is 5.03. The molecular formula is C15H17NO4. The van der Waals surface area contributed by atoms with E-state index in [0.29, 0.717) is 18.8 Å². The van der Waals surface area contributed by atoms with Gasteiger partial charge in [0.05, 0.1) is 6.10 Å². The van der Waals surface area contributed by atoms with Crippen molar-refractivity contribution in [1.82, 2.24) is 4.90 Å². The van der Waals surface area contributed by atoms with Crippen LogP contribution in [0.3, 0.4) is 0 Å². The maximum absolute atomic E-state index is 12.0. The number of rotatable bonds is 2. The van der Waals surface area contributed by atoms with Crippen LogP contribution in [0.15, 0.2) is 24.3 Å². The number of piperidine rings is 1. The highest BCUT2D eigenvalue weighted by molar-refractivity contribution is 5.92. The summed E-state index contributed by atoms with van der Waals surface area (Å²) in [6.45, 7) is 1.37. The van der Waals surface area contributed by atoms with Crippen LogP contribution in [-0.4, -0.2) is 41.9 Å². The van der Waals surface area contributed by atoms with Gasteiger partial charge in [0.2, 0.25) is 12.7 Å². The molecule has 106 valence electrons. The number of likely N-dealkylation sites (tertiary alicyclic amines) is 1. The van der Waals surface area contributed by atoms with Gasteiger partial charge in [-0.25, -0.2) is 0 Å². The zero-order valence-corrected chi connectivity index (χ0v) is 11.1. The van der Waals surface area contributed by atoms with Gasteiger partial charge < -0.3 is 19.5 Å². The highest BCUT2D eigenvalue weighted by atomic mass is 16.7. The fourth-order valence-electron chi connectivity index (χ4n) is 2.44. The summed E-state index contributed by atoms with van der Waals surface area (Å²) in [5.74, 6) is 1.36. The van der Waals surface area contributed by atoms with Gasteiger partial charge in [0, 0.05) is 19.2 Å². The van der Waals surface area contributed by atoms with E-state index in [1.807, 2.05) is 18.2 Å². The molecule has 0 spiro atoms. The fraction of sp³-hybridized carbons (Fsp3) is 0.400. The molecule has 2 aliphatic heterocycles. The van der Waals surface area contributed by atoms with Crippen LogP contribution < -0.4 is 9.47 Å². The zero-order chi connectivity index (χ0) is 13.9. The van der Waals surface area contributed by atoms with E-state index in [1.165, 1.54) is 6.08 Å². The number of benzene rings is 1. The van der Waals surface area contributed by atoms with Crippen LogP contribution >= 0.6 is 0 Å². The molecule has 20 heavy (non-hydrogen) atoms. The van der Waals surface area contributed by atoms with Gasteiger partial charge in [-0.15, -0.1) is 0 Å². The topological polar surface area (TPSA) is 59.0 Å². The third-order valence-corrected chi connectivity index (χ3v) is 3.52. The lowest BCUT2D eigenvalue weighted by Crippen LogP contribution is -2.41. The second-order valence-electron chi connectivity index (χ2n) is 5.03. The van der Waals surface area contributed by atoms with Gasteiger partial charge in [-0.3, -0.25) is 4.79 Å². The first-order valence-corrected chi connectivity index (χ1v) is 6.77. The first-order chi connectivity index (χ1) is 9.72. The Morgan fingerprint density at radius 2 is 2.20 bits per heavy atom. The molecule has 2 heterocycles. The Bertz CT molecular complexity index is 541. The smallest absolute Gasteiger partial charge is 0.246 e. The lowest BCUT2D eigenvalue weighted by molar-refractivity contribution is -0.128. The molecule has 0 aliphatic carbocycles. The second kappa shape index (κ2) is 5.54. The summed E-state index contributed by atoms with van der Waals surface area (Å²) in [6.07, 6.45) is 4.52. The average Bonchev–Trinajstić information content (AvgIpc) is 2.92. The van der Waals surface area contributed by atoms with Gasteiger partial charge >= 0.3 is 0 Å². The summed E-state index contributed by atoms with van der Waals surface area (Å²) in [5, 5.41) is 9.57. The molecule has 1 saturated heterocycles. The Morgan fingerprint density at radius 3 is 3.05 bits per heavy atom. The minimum absolute atomic E-state index is 0.0681. The summed E-state index contributed by atoms with van der Waals surface area (Å²) in [7, 11) is 0. The van der Waals surface area contributed by atoms with Gasteiger partial charge in [0.15, 0.2) is 11.5 Å². The predicted octanol–water partition coefficient (Wildman–Crippen LogP) is 1.41. The number of carbonyl (C=O) groups is 1. The highest BCUT2D eigenvalue weighted by Crippen LogP contribution is 2.32. The van der Waals surface area contributed by atoms with Crippen LogP contribution in [0, 0.1) is 0 Å². The number of fused-ring (bicyclic) bond motifs is 1. The number of aliphatic hydroxyl groups excluding tert-OH is 1. The Morgan fingerprint density at radius 1 is 1.35 bits per heavy atom. The van der Waals surface area contributed by atoms with Crippen LogP contribution in [0.1, 0.15) is 18.4 Å². The molecule has 3 rings (SSSR count). The summed E-state index contributed by atoms with van der Waals surface area (Å²) in [4.78, 5) is 13.7.